The average molecular weight is 548 g/mol. The maximum Gasteiger partial charge on any atom is 0.264 e. The SMILES string of the molecule is Cc1ccc(N(CC(=O)NCCSCc2ccc(Br)cc2)S(=O)(=O)c2ccc(C)cc2)cc1. The molecule has 174 valence electrons. The largest absolute Gasteiger partial charge is 0.354 e. The summed E-state index contributed by atoms with van der Waals surface area (Å²) in [5.41, 5.74) is 3.65. The summed E-state index contributed by atoms with van der Waals surface area (Å²) in [7, 11) is -3.89. The summed E-state index contributed by atoms with van der Waals surface area (Å²) in [5.74, 6) is 1.24. The maximum absolute atomic E-state index is 13.4. The van der Waals surface area contributed by atoms with E-state index < -0.39 is 10.0 Å². The number of anilines is 1. The zero-order valence-electron chi connectivity index (χ0n) is 18.6. The summed E-state index contributed by atoms with van der Waals surface area (Å²) in [6, 6.07) is 21.9. The molecule has 0 aliphatic rings. The number of halogens is 1. The molecule has 0 bridgehead atoms. The zero-order valence-corrected chi connectivity index (χ0v) is 21.8. The minimum absolute atomic E-state index is 0.159. The van der Waals surface area contributed by atoms with Crippen LogP contribution in [0, 0.1) is 13.8 Å². The van der Waals surface area contributed by atoms with Gasteiger partial charge in [0, 0.05) is 22.5 Å². The number of aryl methyl sites for hydroxylation is 2. The average Bonchev–Trinajstić information content (AvgIpc) is 2.79. The van der Waals surface area contributed by atoms with Crippen LogP contribution in [0.1, 0.15) is 16.7 Å². The smallest absolute Gasteiger partial charge is 0.264 e. The van der Waals surface area contributed by atoms with Crippen LogP contribution in [-0.2, 0) is 20.6 Å². The van der Waals surface area contributed by atoms with Crippen molar-refractivity contribution in [2.75, 3.05) is 23.1 Å². The summed E-state index contributed by atoms with van der Waals surface area (Å²) < 4.78 is 28.9. The van der Waals surface area contributed by atoms with E-state index in [2.05, 4.69) is 33.4 Å². The molecule has 0 aliphatic heterocycles. The van der Waals surface area contributed by atoms with Crippen molar-refractivity contribution < 1.29 is 13.2 Å². The third kappa shape index (κ3) is 7.35. The van der Waals surface area contributed by atoms with Gasteiger partial charge < -0.3 is 5.32 Å². The highest BCUT2D eigenvalue weighted by molar-refractivity contribution is 9.10. The fourth-order valence-electron chi connectivity index (χ4n) is 3.08. The monoisotopic (exact) mass is 546 g/mol. The van der Waals surface area contributed by atoms with Crippen LogP contribution >= 0.6 is 27.7 Å². The number of thioether (sulfide) groups is 1. The van der Waals surface area contributed by atoms with Gasteiger partial charge in [0.2, 0.25) is 5.91 Å². The number of nitrogens with zero attached hydrogens (tertiary/aromatic N) is 1. The van der Waals surface area contributed by atoms with E-state index in [1.54, 1.807) is 48.2 Å². The zero-order chi connectivity index (χ0) is 23.8. The van der Waals surface area contributed by atoms with E-state index in [1.807, 2.05) is 38.1 Å². The van der Waals surface area contributed by atoms with E-state index in [1.165, 1.54) is 9.87 Å². The first-order valence-corrected chi connectivity index (χ1v) is 13.9. The number of amides is 1. The van der Waals surface area contributed by atoms with Crippen molar-refractivity contribution in [2.24, 2.45) is 0 Å². The fourth-order valence-corrected chi connectivity index (χ4v) is 5.59. The van der Waals surface area contributed by atoms with Gasteiger partial charge in [-0.3, -0.25) is 9.10 Å². The topological polar surface area (TPSA) is 66.5 Å². The molecule has 0 heterocycles. The number of rotatable bonds is 10. The van der Waals surface area contributed by atoms with Gasteiger partial charge in [0.1, 0.15) is 6.54 Å². The minimum atomic E-state index is -3.89. The molecular formula is C25H27BrN2O3S2. The normalized spacial score (nSPS) is 11.2. The van der Waals surface area contributed by atoms with Crippen LogP contribution in [0.2, 0.25) is 0 Å². The Balaban J connectivity index is 1.63. The Morgan fingerprint density at radius 2 is 1.48 bits per heavy atom. The molecule has 1 amide bonds. The van der Waals surface area contributed by atoms with Crippen LogP contribution in [0.25, 0.3) is 0 Å². The summed E-state index contributed by atoms with van der Waals surface area (Å²) in [6.45, 7) is 4.01. The molecule has 0 atom stereocenters. The highest BCUT2D eigenvalue weighted by Crippen LogP contribution is 2.24. The van der Waals surface area contributed by atoms with Crippen molar-refractivity contribution in [1.29, 1.82) is 0 Å². The molecule has 0 radical (unpaired) electrons. The summed E-state index contributed by atoms with van der Waals surface area (Å²) in [6.07, 6.45) is 0. The van der Waals surface area contributed by atoms with Crippen LogP contribution in [0.4, 0.5) is 5.69 Å². The summed E-state index contributed by atoms with van der Waals surface area (Å²) in [4.78, 5) is 12.8. The third-order valence-corrected chi connectivity index (χ3v) is 8.32. The van der Waals surface area contributed by atoms with Crippen LogP contribution in [-0.4, -0.2) is 33.2 Å². The Morgan fingerprint density at radius 1 is 0.909 bits per heavy atom. The predicted molar refractivity (Wildman–Crippen MR) is 140 cm³/mol. The molecule has 0 spiro atoms. The number of sulfonamides is 1. The van der Waals surface area contributed by atoms with E-state index >= 15 is 0 Å². The minimum Gasteiger partial charge on any atom is -0.354 e. The first kappa shape index (κ1) is 25.3. The number of hydrogen-bond donors (Lipinski definition) is 1. The fraction of sp³-hybridized carbons (Fsp3) is 0.240. The molecule has 8 heteroatoms. The predicted octanol–water partition coefficient (Wildman–Crippen LogP) is 5.31. The molecule has 5 nitrogen and oxygen atoms in total. The lowest BCUT2D eigenvalue weighted by Crippen LogP contribution is -2.41. The van der Waals surface area contributed by atoms with Crippen molar-refractivity contribution in [3.05, 3.63) is 94.0 Å². The summed E-state index contributed by atoms with van der Waals surface area (Å²) in [5, 5.41) is 2.85. The molecule has 0 saturated heterocycles. The van der Waals surface area contributed by atoms with Crippen molar-refractivity contribution in [1.82, 2.24) is 5.32 Å². The molecule has 0 aromatic heterocycles. The first-order chi connectivity index (χ1) is 15.8. The van der Waals surface area contributed by atoms with E-state index in [9.17, 15) is 13.2 Å². The number of nitrogens with one attached hydrogen (secondary N) is 1. The summed E-state index contributed by atoms with van der Waals surface area (Å²) >= 11 is 5.14. The van der Waals surface area contributed by atoms with Crippen molar-refractivity contribution in [3.63, 3.8) is 0 Å². The lowest BCUT2D eigenvalue weighted by atomic mass is 10.2. The van der Waals surface area contributed by atoms with Gasteiger partial charge >= 0.3 is 0 Å². The molecule has 3 aromatic carbocycles. The van der Waals surface area contributed by atoms with Gasteiger partial charge in [-0.05, 0) is 55.8 Å². The van der Waals surface area contributed by atoms with Gasteiger partial charge in [-0.15, -0.1) is 0 Å². The molecule has 0 aliphatic carbocycles. The number of carbonyl (C=O) groups excluding carboxylic acids is 1. The van der Waals surface area contributed by atoms with Gasteiger partial charge in [-0.1, -0.05) is 63.5 Å². The molecule has 3 aromatic rings. The molecule has 3 rings (SSSR count). The maximum atomic E-state index is 13.4. The van der Waals surface area contributed by atoms with Crippen molar-refractivity contribution >= 4 is 49.3 Å². The van der Waals surface area contributed by atoms with E-state index in [4.69, 9.17) is 0 Å². The molecule has 33 heavy (non-hydrogen) atoms. The Labute approximate surface area is 208 Å². The lowest BCUT2D eigenvalue weighted by Gasteiger charge is -2.24. The van der Waals surface area contributed by atoms with Gasteiger partial charge in [-0.25, -0.2) is 8.42 Å². The molecule has 0 fully saturated rings. The van der Waals surface area contributed by atoms with Crippen LogP contribution < -0.4 is 9.62 Å². The van der Waals surface area contributed by atoms with Gasteiger partial charge in [0.15, 0.2) is 0 Å². The third-order valence-electron chi connectivity index (χ3n) is 4.97. The first-order valence-electron chi connectivity index (χ1n) is 10.5. The molecule has 0 unspecified atom stereocenters. The highest BCUT2D eigenvalue weighted by atomic mass is 79.9. The Kier molecular flexibility index (Phi) is 9.00. The second kappa shape index (κ2) is 11.7. The van der Waals surface area contributed by atoms with E-state index in [0.29, 0.717) is 12.2 Å². The lowest BCUT2D eigenvalue weighted by molar-refractivity contribution is -0.119. The van der Waals surface area contributed by atoms with E-state index in [-0.39, 0.29) is 17.3 Å². The number of hydrogen-bond acceptors (Lipinski definition) is 4. The molecule has 1 N–H and O–H groups in total. The molecule has 0 saturated carbocycles. The standard InChI is InChI=1S/C25H27BrN2O3S2/c1-19-3-11-23(12-4-19)28(33(30,31)24-13-5-20(2)6-14-24)17-25(29)27-15-16-32-18-21-7-9-22(26)10-8-21/h3-14H,15-18H2,1-2H3,(H,27,29). The second-order valence-corrected chi connectivity index (χ2v) is 11.6. The Morgan fingerprint density at radius 3 is 2.09 bits per heavy atom. The van der Waals surface area contributed by atoms with Gasteiger partial charge in [-0.2, -0.15) is 11.8 Å². The van der Waals surface area contributed by atoms with E-state index in [0.717, 1.165) is 27.1 Å². The van der Waals surface area contributed by atoms with Gasteiger partial charge in [0.25, 0.3) is 10.0 Å². The molecular weight excluding hydrogens is 520 g/mol. The van der Waals surface area contributed by atoms with Crippen molar-refractivity contribution in [2.45, 2.75) is 24.5 Å². The van der Waals surface area contributed by atoms with Crippen LogP contribution in [0.15, 0.2) is 82.2 Å². The Bertz CT molecular complexity index is 1160. The quantitative estimate of drug-likeness (QED) is 0.350. The van der Waals surface area contributed by atoms with Crippen molar-refractivity contribution in [3.8, 4) is 0 Å². The van der Waals surface area contributed by atoms with Gasteiger partial charge in [0.05, 0.1) is 10.6 Å². The Hall–Kier alpha value is -2.29. The highest BCUT2D eigenvalue weighted by Gasteiger charge is 2.27. The van der Waals surface area contributed by atoms with Crippen LogP contribution in [0.3, 0.4) is 0 Å². The number of carbonyl (C=O) groups is 1. The number of benzene rings is 3. The van der Waals surface area contributed by atoms with Crippen LogP contribution in [0.5, 0.6) is 0 Å². The second-order valence-electron chi connectivity index (χ2n) is 7.69.